The van der Waals surface area contributed by atoms with Crippen LogP contribution >= 0.6 is 11.6 Å². The third-order valence-electron chi connectivity index (χ3n) is 3.67. The fourth-order valence-corrected chi connectivity index (χ4v) is 2.50. The summed E-state index contributed by atoms with van der Waals surface area (Å²) in [5.41, 5.74) is 3.23. The maximum absolute atomic E-state index is 12.3. The predicted molar refractivity (Wildman–Crippen MR) is 99.9 cm³/mol. The van der Waals surface area contributed by atoms with Crippen molar-refractivity contribution in [2.24, 2.45) is 0 Å². The summed E-state index contributed by atoms with van der Waals surface area (Å²) < 4.78 is 0. The van der Waals surface area contributed by atoms with E-state index in [-0.39, 0.29) is 11.6 Å². The highest BCUT2D eigenvalue weighted by Crippen LogP contribution is 2.16. The summed E-state index contributed by atoms with van der Waals surface area (Å²) in [4.78, 5) is 20.8. The van der Waals surface area contributed by atoms with E-state index in [4.69, 9.17) is 11.6 Å². The van der Waals surface area contributed by atoms with Crippen LogP contribution in [0, 0.1) is 6.92 Å². The van der Waals surface area contributed by atoms with E-state index < -0.39 is 0 Å². The molecule has 6 heteroatoms. The van der Waals surface area contributed by atoms with Crippen LogP contribution in [0.3, 0.4) is 0 Å². The third-order valence-corrected chi connectivity index (χ3v) is 3.90. The molecule has 5 nitrogen and oxygen atoms in total. The number of nitrogens with zero attached hydrogens (tertiary/aromatic N) is 2. The van der Waals surface area contributed by atoms with Crippen molar-refractivity contribution in [3.05, 3.63) is 82.6 Å². The molecule has 1 aromatic heterocycles. The van der Waals surface area contributed by atoms with Gasteiger partial charge in [-0.05, 0) is 42.3 Å². The SMILES string of the molecule is Cc1ccccc1CNc1nccc(C(=O)Nc2cccc(Cl)c2)n1. The van der Waals surface area contributed by atoms with Gasteiger partial charge in [-0.2, -0.15) is 0 Å². The van der Waals surface area contributed by atoms with Crippen molar-refractivity contribution >= 4 is 29.1 Å². The average molecular weight is 353 g/mol. The number of hydrogen-bond acceptors (Lipinski definition) is 4. The van der Waals surface area contributed by atoms with Crippen molar-refractivity contribution in [2.75, 3.05) is 10.6 Å². The van der Waals surface area contributed by atoms with Gasteiger partial charge in [-0.15, -0.1) is 0 Å². The first-order valence-corrected chi connectivity index (χ1v) is 8.18. The molecule has 0 aliphatic rings. The number of nitrogens with one attached hydrogen (secondary N) is 2. The Balaban J connectivity index is 1.68. The molecule has 2 N–H and O–H groups in total. The maximum atomic E-state index is 12.3. The number of benzene rings is 2. The smallest absolute Gasteiger partial charge is 0.274 e. The quantitative estimate of drug-likeness (QED) is 0.718. The molecular weight excluding hydrogens is 336 g/mol. The minimum Gasteiger partial charge on any atom is -0.350 e. The molecule has 1 amide bonds. The Morgan fingerprint density at radius 2 is 1.96 bits per heavy atom. The molecule has 0 bridgehead atoms. The Bertz CT molecular complexity index is 898. The second-order valence-corrected chi connectivity index (χ2v) is 5.95. The van der Waals surface area contributed by atoms with Gasteiger partial charge in [0.1, 0.15) is 5.69 Å². The van der Waals surface area contributed by atoms with Crippen LogP contribution in [0.25, 0.3) is 0 Å². The first-order valence-electron chi connectivity index (χ1n) is 7.80. The predicted octanol–water partition coefficient (Wildman–Crippen LogP) is 4.30. The van der Waals surface area contributed by atoms with E-state index in [1.54, 1.807) is 36.5 Å². The van der Waals surface area contributed by atoms with Crippen LogP contribution < -0.4 is 10.6 Å². The number of carbonyl (C=O) groups excluding carboxylic acids is 1. The number of carbonyl (C=O) groups is 1. The normalized spacial score (nSPS) is 10.3. The van der Waals surface area contributed by atoms with E-state index in [0.29, 0.717) is 23.2 Å². The number of anilines is 2. The number of halogens is 1. The molecule has 0 aliphatic heterocycles. The molecule has 0 unspecified atom stereocenters. The lowest BCUT2D eigenvalue weighted by molar-refractivity contribution is 0.102. The highest BCUT2D eigenvalue weighted by Gasteiger charge is 2.09. The number of hydrogen-bond donors (Lipinski definition) is 2. The molecule has 2 aromatic carbocycles. The highest BCUT2D eigenvalue weighted by molar-refractivity contribution is 6.30. The largest absolute Gasteiger partial charge is 0.350 e. The Morgan fingerprint density at radius 1 is 1.12 bits per heavy atom. The fourth-order valence-electron chi connectivity index (χ4n) is 2.31. The standard InChI is InChI=1S/C19H17ClN4O/c1-13-5-2-3-6-14(13)12-22-19-21-10-9-17(24-19)18(25)23-16-8-4-7-15(20)11-16/h2-11H,12H2,1H3,(H,23,25)(H,21,22,24). The molecule has 0 radical (unpaired) electrons. The molecule has 0 aliphatic carbocycles. The van der Waals surface area contributed by atoms with Crippen molar-refractivity contribution < 1.29 is 4.79 Å². The van der Waals surface area contributed by atoms with Gasteiger partial charge in [0.15, 0.2) is 0 Å². The van der Waals surface area contributed by atoms with Crippen LogP contribution in [-0.4, -0.2) is 15.9 Å². The van der Waals surface area contributed by atoms with Crippen LogP contribution in [0.1, 0.15) is 21.6 Å². The van der Waals surface area contributed by atoms with E-state index in [0.717, 1.165) is 5.56 Å². The van der Waals surface area contributed by atoms with Crippen molar-refractivity contribution in [3.8, 4) is 0 Å². The van der Waals surface area contributed by atoms with Crippen LogP contribution in [0.15, 0.2) is 60.8 Å². The van der Waals surface area contributed by atoms with Gasteiger partial charge in [0.25, 0.3) is 5.91 Å². The number of aromatic nitrogens is 2. The molecular formula is C19H17ClN4O. The molecule has 0 atom stereocenters. The molecule has 25 heavy (non-hydrogen) atoms. The van der Waals surface area contributed by atoms with Crippen LogP contribution in [0.5, 0.6) is 0 Å². The molecule has 0 saturated carbocycles. The number of amides is 1. The summed E-state index contributed by atoms with van der Waals surface area (Å²) in [6.07, 6.45) is 1.56. The highest BCUT2D eigenvalue weighted by atomic mass is 35.5. The molecule has 0 spiro atoms. The van der Waals surface area contributed by atoms with E-state index in [9.17, 15) is 4.79 Å². The van der Waals surface area contributed by atoms with Crippen LogP contribution in [-0.2, 0) is 6.54 Å². The zero-order valence-electron chi connectivity index (χ0n) is 13.7. The lowest BCUT2D eigenvalue weighted by atomic mass is 10.1. The Morgan fingerprint density at radius 3 is 2.76 bits per heavy atom. The summed E-state index contributed by atoms with van der Waals surface area (Å²) in [5, 5.41) is 6.47. The fraction of sp³-hybridized carbons (Fsp3) is 0.105. The number of aryl methyl sites for hydroxylation is 1. The first kappa shape index (κ1) is 16.9. The van der Waals surface area contributed by atoms with Gasteiger partial charge in [-0.25, -0.2) is 9.97 Å². The van der Waals surface area contributed by atoms with Gasteiger partial charge in [0, 0.05) is 23.5 Å². The van der Waals surface area contributed by atoms with E-state index >= 15 is 0 Å². The molecule has 0 saturated heterocycles. The summed E-state index contributed by atoms with van der Waals surface area (Å²) >= 11 is 5.92. The Labute approximate surface area is 151 Å². The second kappa shape index (κ2) is 7.77. The minimum atomic E-state index is -0.316. The number of rotatable bonds is 5. The van der Waals surface area contributed by atoms with Gasteiger partial charge in [-0.1, -0.05) is 41.9 Å². The monoisotopic (exact) mass is 352 g/mol. The van der Waals surface area contributed by atoms with Crippen molar-refractivity contribution in [1.29, 1.82) is 0 Å². The van der Waals surface area contributed by atoms with Crippen LogP contribution in [0.4, 0.5) is 11.6 Å². The first-order chi connectivity index (χ1) is 12.1. The van der Waals surface area contributed by atoms with Gasteiger partial charge < -0.3 is 10.6 Å². The van der Waals surface area contributed by atoms with Crippen LogP contribution in [0.2, 0.25) is 5.02 Å². The zero-order chi connectivity index (χ0) is 17.6. The average Bonchev–Trinajstić information content (AvgIpc) is 2.61. The van der Waals surface area contributed by atoms with Crippen molar-refractivity contribution in [2.45, 2.75) is 13.5 Å². The van der Waals surface area contributed by atoms with E-state index in [2.05, 4.69) is 20.6 Å². The maximum Gasteiger partial charge on any atom is 0.274 e. The molecule has 126 valence electrons. The van der Waals surface area contributed by atoms with Gasteiger partial charge in [-0.3, -0.25) is 4.79 Å². The minimum absolute atomic E-state index is 0.280. The van der Waals surface area contributed by atoms with Crippen molar-refractivity contribution in [1.82, 2.24) is 9.97 Å². The third kappa shape index (κ3) is 4.55. The molecule has 1 heterocycles. The molecule has 3 aromatic rings. The molecule has 0 fully saturated rings. The second-order valence-electron chi connectivity index (χ2n) is 5.51. The Kier molecular flexibility index (Phi) is 5.26. The van der Waals surface area contributed by atoms with E-state index in [1.165, 1.54) is 5.56 Å². The molecule has 3 rings (SSSR count). The summed E-state index contributed by atoms with van der Waals surface area (Å²) in [7, 11) is 0. The van der Waals surface area contributed by atoms with Crippen molar-refractivity contribution in [3.63, 3.8) is 0 Å². The summed E-state index contributed by atoms with van der Waals surface area (Å²) in [6.45, 7) is 2.64. The summed E-state index contributed by atoms with van der Waals surface area (Å²) in [5.74, 6) is 0.0885. The lowest BCUT2D eigenvalue weighted by Crippen LogP contribution is -2.15. The van der Waals surface area contributed by atoms with Gasteiger partial charge in [0.2, 0.25) is 5.95 Å². The summed E-state index contributed by atoms with van der Waals surface area (Å²) in [6, 6.07) is 16.6. The zero-order valence-corrected chi connectivity index (χ0v) is 14.4. The van der Waals surface area contributed by atoms with Gasteiger partial charge >= 0.3 is 0 Å². The lowest BCUT2D eigenvalue weighted by Gasteiger charge is -2.09. The Hall–Kier alpha value is -2.92. The van der Waals surface area contributed by atoms with Gasteiger partial charge in [0.05, 0.1) is 0 Å². The topological polar surface area (TPSA) is 66.9 Å². The van der Waals surface area contributed by atoms with E-state index in [1.807, 2.05) is 31.2 Å².